The quantitative estimate of drug-likeness (QED) is 0.406. The topological polar surface area (TPSA) is 30.5 Å². The zero-order valence-electron chi connectivity index (χ0n) is 18.8. The molecule has 31 heavy (non-hydrogen) atoms. The van der Waals surface area contributed by atoms with Crippen molar-refractivity contribution in [2.24, 2.45) is 0 Å². The standard InChI is InChI=1S/C27H32FNO2/c1-19(2)31-26-15-9-23(10-16-26)27(22-5-11-24(28)12-6-22)17-18-29-20(3)21-7-13-25(30-4)14-8-21/h5-16,19-20,27,29H,17-18H2,1-4H3/t20-,27-/m1/s1. The molecule has 0 radical (unpaired) electrons. The Kier molecular flexibility index (Phi) is 8.07. The normalized spacial score (nSPS) is 13.1. The van der Waals surface area contributed by atoms with Crippen LogP contribution in [0, 0.1) is 5.82 Å². The third kappa shape index (κ3) is 6.56. The first kappa shape index (κ1) is 22.8. The molecule has 0 unspecified atom stereocenters. The molecule has 0 bridgehead atoms. The van der Waals surface area contributed by atoms with Crippen molar-refractivity contribution < 1.29 is 13.9 Å². The molecule has 1 N–H and O–H groups in total. The van der Waals surface area contributed by atoms with Crippen molar-refractivity contribution in [3.8, 4) is 11.5 Å². The number of hydrogen-bond donors (Lipinski definition) is 1. The molecule has 0 aliphatic rings. The third-order valence-corrected chi connectivity index (χ3v) is 5.43. The van der Waals surface area contributed by atoms with Gasteiger partial charge in [-0.3, -0.25) is 0 Å². The van der Waals surface area contributed by atoms with Gasteiger partial charge < -0.3 is 14.8 Å². The van der Waals surface area contributed by atoms with Crippen molar-refractivity contribution in [3.05, 3.63) is 95.3 Å². The summed E-state index contributed by atoms with van der Waals surface area (Å²) >= 11 is 0. The lowest BCUT2D eigenvalue weighted by Crippen LogP contribution is -2.22. The Morgan fingerprint density at radius 3 is 1.81 bits per heavy atom. The number of ether oxygens (including phenoxy) is 2. The van der Waals surface area contributed by atoms with Gasteiger partial charge in [-0.1, -0.05) is 36.4 Å². The van der Waals surface area contributed by atoms with Gasteiger partial charge in [0, 0.05) is 12.0 Å². The van der Waals surface area contributed by atoms with E-state index >= 15 is 0 Å². The van der Waals surface area contributed by atoms with Crippen LogP contribution in [0.25, 0.3) is 0 Å². The van der Waals surface area contributed by atoms with E-state index in [-0.39, 0.29) is 23.9 Å². The summed E-state index contributed by atoms with van der Waals surface area (Å²) in [5, 5.41) is 3.62. The Morgan fingerprint density at radius 1 is 0.742 bits per heavy atom. The number of nitrogens with one attached hydrogen (secondary N) is 1. The van der Waals surface area contributed by atoms with Crippen LogP contribution in [-0.2, 0) is 0 Å². The minimum Gasteiger partial charge on any atom is -0.497 e. The summed E-state index contributed by atoms with van der Waals surface area (Å²) in [6.07, 6.45) is 1.04. The molecule has 3 aromatic rings. The largest absolute Gasteiger partial charge is 0.497 e. The summed E-state index contributed by atoms with van der Waals surface area (Å²) in [5.74, 6) is 1.68. The highest BCUT2D eigenvalue weighted by Crippen LogP contribution is 2.30. The Balaban J connectivity index is 1.70. The molecule has 0 aliphatic carbocycles. The first-order chi connectivity index (χ1) is 15.0. The smallest absolute Gasteiger partial charge is 0.123 e. The minimum atomic E-state index is -0.213. The summed E-state index contributed by atoms with van der Waals surface area (Å²) in [5.41, 5.74) is 3.52. The molecule has 0 aliphatic heterocycles. The maximum atomic E-state index is 13.5. The summed E-state index contributed by atoms with van der Waals surface area (Å²) in [6, 6.07) is 23.4. The maximum Gasteiger partial charge on any atom is 0.123 e. The van der Waals surface area contributed by atoms with Crippen LogP contribution in [0.3, 0.4) is 0 Å². The zero-order chi connectivity index (χ0) is 22.2. The second kappa shape index (κ2) is 11.0. The van der Waals surface area contributed by atoms with Crippen molar-refractivity contribution in [2.45, 2.75) is 45.3 Å². The third-order valence-electron chi connectivity index (χ3n) is 5.43. The fourth-order valence-electron chi connectivity index (χ4n) is 3.73. The van der Waals surface area contributed by atoms with E-state index < -0.39 is 0 Å². The van der Waals surface area contributed by atoms with Gasteiger partial charge in [-0.25, -0.2) is 4.39 Å². The predicted octanol–water partition coefficient (Wildman–Crippen LogP) is 6.49. The fraction of sp³-hybridized carbons (Fsp3) is 0.333. The number of rotatable bonds is 10. The SMILES string of the molecule is COc1ccc([C@@H](C)NCC[C@H](c2ccc(F)cc2)c2ccc(OC(C)C)cc2)cc1. The predicted molar refractivity (Wildman–Crippen MR) is 124 cm³/mol. The van der Waals surface area contributed by atoms with Gasteiger partial charge in [-0.2, -0.15) is 0 Å². The molecule has 2 atom stereocenters. The Morgan fingerprint density at radius 2 is 1.26 bits per heavy atom. The van der Waals surface area contributed by atoms with Crippen LogP contribution in [0.1, 0.15) is 55.8 Å². The molecule has 0 saturated carbocycles. The van der Waals surface area contributed by atoms with E-state index in [1.54, 1.807) is 7.11 Å². The second-order valence-electron chi connectivity index (χ2n) is 8.08. The number of halogens is 1. The molecular formula is C27H32FNO2. The minimum absolute atomic E-state index is 0.141. The number of hydrogen-bond acceptors (Lipinski definition) is 3. The van der Waals surface area contributed by atoms with Crippen molar-refractivity contribution >= 4 is 0 Å². The Bertz CT molecular complexity index is 921. The maximum absolute atomic E-state index is 13.5. The van der Waals surface area contributed by atoms with Gasteiger partial charge in [-0.15, -0.1) is 0 Å². The Labute approximate surface area is 185 Å². The molecule has 3 nitrogen and oxygen atoms in total. The molecule has 3 aromatic carbocycles. The van der Waals surface area contributed by atoms with E-state index in [1.165, 1.54) is 23.3 Å². The van der Waals surface area contributed by atoms with E-state index in [0.717, 1.165) is 30.0 Å². The van der Waals surface area contributed by atoms with E-state index in [1.807, 2.05) is 50.2 Å². The summed E-state index contributed by atoms with van der Waals surface area (Å²) < 4.78 is 24.5. The molecule has 4 heteroatoms. The van der Waals surface area contributed by atoms with Crippen LogP contribution in [0.15, 0.2) is 72.8 Å². The van der Waals surface area contributed by atoms with Crippen molar-refractivity contribution in [3.63, 3.8) is 0 Å². The lowest BCUT2D eigenvalue weighted by Gasteiger charge is -2.21. The lowest BCUT2D eigenvalue weighted by molar-refractivity contribution is 0.242. The van der Waals surface area contributed by atoms with Gasteiger partial charge in [0.05, 0.1) is 13.2 Å². The molecule has 0 spiro atoms. The van der Waals surface area contributed by atoms with E-state index in [0.29, 0.717) is 0 Å². The monoisotopic (exact) mass is 421 g/mol. The number of benzene rings is 3. The van der Waals surface area contributed by atoms with Gasteiger partial charge in [0.15, 0.2) is 0 Å². The van der Waals surface area contributed by atoms with Crippen LogP contribution >= 0.6 is 0 Å². The van der Waals surface area contributed by atoms with E-state index in [2.05, 4.69) is 36.5 Å². The molecule has 164 valence electrons. The lowest BCUT2D eigenvalue weighted by atomic mass is 9.88. The zero-order valence-corrected chi connectivity index (χ0v) is 18.8. The summed E-state index contributed by atoms with van der Waals surface area (Å²) in [7, 11) is 1.67. The fourth-order valence-corrected chi connectivity index (χ4v) is 3.73. The van der Waals surface area contributed by atoms with Crippen molar-refractivity contribution in [1.82, 2.24) is 5.32 Å². The highest BCUT2D eigenvalue weighted by Gasteiger charge is 2.16. The highest BCUT2D eigenvalue weighted by atomic mass is 19.1. The van der Waals surface area contributed by atoms with Crippen LogP contribution < -0.4 is 14.8 Å². The van der Waals surface area contributed by atoms with Gasteiger partial charge >= 0.3 is 0 Å². The Hall–Kier alpha value is -2.85. The van der Waals surface area contributed by atoms with Gasteiger partial charge in [0.2, 0.25) is 0 Å². The molecule has 0 heterocycles. The first-order valence-electron chi connectivity index (χ1n) is 10.9. The number of methoxy groups -OCH3 is 1. The molecule has 0 amide bonds. The van der Waals surface area contributed by atoms with Gasteiger partial charge in [-0.05, 0) is 86.8 Å². The van der Waals surface area contributed by atoms with Gasteiger partial charge in [0.1, 0.15) is 17.3 Å². The molecule has 0 saturated heterocycles. The van der Waals surface area contributed by atoms with Crippen LogP contribution in [0.2, 0.25) is 0 Å². The van der Waals surface area contributed by atoms with Crippen LogP contribution in [0.5, 0.6) is 11.5 Å². The molecular weight excluding hydrogens is 389 g/mol. The average molecular weight is 422 g/mol. The first-order valence-corrected chi connectivity index (χ1v) is 10.9. The highest BCUT2D eigenvalue weighted by molar-refractivity contribution is 5.36. The average Bonchev–Trinajstić information content (AvgIpc) is 2.78. The van der Waals surface area contributed by atoms with Crippen molar-refractivity contribution in [2.75, 3.05) is 13.7 Å². The van der Waals surface area contributed by atoms with E-state index in [9.17, 15) is 4.39 Å². The summed E-state index contributed by atoms with van der Waals surface area (Å²) in [4.78, 5) is 0. The van der Waals surface area contributed by atoms with Crippen molar-refractivity contribution in [1.29, 1.82) is 0 Å². The molecule has 3 rings (SSSR count). The van der Waals surface area contributed by atoms with Crippen LogP contribution in [-0.4, -0.2) is 19.8 Å². The van der Waals surface area contributed by atoms with Crippen LogP contribution in [0.4, 0.5) is 4.39 Å². The summed E-state index contributed by atoms with van der Waals surface area (Å²) in [6.45, 7) is 7.03. The second-order valence-corrected chi connectivity index (χ2v) is 8.08. The molecule has 0 fully saturated rings. The van der Waals surface area contributed by atoms with Gasteiger partial charge in [0.25, 0.3) is 0 Å². The molecule has 0 aromatic heterocycles. The van der Waals surface area contributed by atoms with E-state index in [4.69, 9.17) is 9.47 Å².